The Kier molecular flexibility index (Phi) is 11.7. The summed E-state index contributed by atoms with van der Waals surface area (Å²) in [4.78, 5) is 45.3. The van der Waals surface area contributed by atoms with Gasteiger partial charge in [-0.1, -0.05) is 54.6 Å². The molecule has 0 radical (unpaired) electrons. The van der Waals surface area contributed by atoms with Crippen LogP contribution in [0, 0.1) is 0 Å². The van der Waals surface area contributed by atoms with Crippen molar-refractivity contribution in [3.63, 3.8) is 0 Å². The SMILES string of the molecule is COc1cc(OC)c(OC)cc1/C=C(/NC(=O)c1ccccc1)C(=O)Nc1cccc(SC(C)C(=O)Nc2nc(-c3ccccc3)cs2)c1. The molecule has 1 atom stereocenters. The third-order valence-corrected chi connectivity index (χ3v) is 8.99. The number of benzene rings is 4. The van der Waals surface area contributed by atoms with Gasteiger partial charge in [-0.3, -0.25) is 14.4 Å². The second-order valence-corrected chi connectivity index (χ2v) is 12.7. The van der Waals surface area contributed by atoms with Gasteiger partial charge in [-0.25, -0.2) is 4.98 Å². The molecule has 12 heteroatoms. The minimum atomic E-state index is -0.577. The Morgan fingerprint density at radius 1 is 0.796 bits per heavy atom. The van der Waals surface area contributed by atoms with Gasteiger partial charge in [-0.05, 0) is 49.4 Å². The van der Waals surface area contributed by atoms with Crippen molar-refractivity contribution in [2.24, 2.45) is 0 Å². The lowest BCUT2D eigenvalue weighted by molar-refractivity contribution is -0.115. The molecule has 5 aromatic rings. The molecule has 3 N–H and O–H groups in total. The summed E-state index contributed by atoms with van der Waals surface area (Å²) in [6.45, 7) is 1.80. The van der Waals surface area contributed by atoms with E-state index in [0.29, 0.717) is 39.2 Å². The van der Waals surface area contributed by atoms with Gasteiger partial charge in [-0.2, -0.15) is 0 Å². The van der Waals surface area contributed by atoms with Crippen molar-refractivity contribution >= 4 is 57.7 Å². The van der Waals surface area contributed by atoms with Gasteiger partial charge in [0.05, 0.1) is 32.3 Å². The molecule has 0 aliphatic heterocycles. The Morgan fingerprint density at radius 3 is 2.16 bits per heavy atom. The minimum Gasteiger partial charge on any atom is -0.496 e. The summed E-state index contributed by atoms with van der Waals surface area (Å²) in [6, 6.07) is 28.7. The lowest BCUT2D eigenvalue weighted by Crippen LogP contribution is -2.30. The number of hydrogen-bond acceptors (Lipinski definition) is 9. The van der Waals surface area contributed by atoms with Gasteiger partial charge in [0.15, 0.2) is 16.6 Å². The third-order valence-electron chi connectivity index (χ3n) is 7.14. The van der Waals surface area contributed by atoms with Crippen LogP contribution in [0.15, 0.2) is 113 Å². The van der Waals surface area contributed by atoms with Crippen LogP contribution in [-0.2, 0) is 9.59 Å². The molecule has 0 saturated heterocycles. The van der Waals surface area contributed by atoms with Crippen molar-refractivity contribution in [2.75, 3.05) is 32.0 Å². The van der Waals surface area contributed by atoms with Crippen molar-refractivity contribution in [2.45, 2.75) is 17.1 Å². The lowest BCUT2D eigenvalue weighted by Gasteiger charge is -2.15. The number of nitrogens with zero attached hydrogens (tertiary/aromatic N) is 1. The van der Waals surface area contributed by atoms with Gasteiger partial charge < -0.3 is 30.2 Å². The molecule has 1 aromatic heterocycles. The number of carbonyl (C=O) groups excluding carboxylic acids is 3. The van der Waals surface area contributed by atoms with E-state index in [0.717, 1.165) is 16.2 Å². The predicted octanol–water partition coefficient (Wildman–Crippen LogP) is 7.36. The first kappa shape index (κ1) is 34.7. The molecular weight excluding hydrogens is 661 g/mol. The summed E-state index contributed by atoms with van der Waals surface area (Å²) in [5.41, 5.74) is 3.04. The van der Waals surface area contributed by atoms with Gasteiger partial charge in [0.25, 0.3) is 11.8 Å². The third kappa shape index (κ3) is 9.06. The van der Waals surface area contributed by atoms with Crippen molar-refractivity contribution in [3.8, 4) is 28.5 Å². The number of thioether (sulfide) groups is 1. The summed E-state index contributed by atoms with van der Waals surface area (Å²) in [7, 11) is 4.50. The first-order valence-corrected chi connectivity index (χ1v) is 16.8. The summed E-state index contributed by atoms with van der Waals surface area (Å²) < 4.78 is 16.4. The van der Waals surface area contributed by atoms with E-state index in [9.17, 15) is 14.4 Å². The van der Waals surface area contributed by atoms with Gasteiger partial charge in [0, 0.05) is 38.7 Å². The number of rotatable bonds is 13. The quantitative estimate of drug-likeness (QED) is 0.0862. The molecule has 0 spiro atoms. The summed E-state index contributed by atoms with van der Waals surface area (Å²) >= 11 is 2.70. The highest BCUT2D eigenvalue weighted by molar-refractivity contribution is 8.00. The van der Waals surface area contributed by atoms with Crippen LogP contribution < -0.4 is 30.2 Å². The molecule has 5 rings (SSSR count). The van der Waals surface area contributed by atoms with Crippen LogP contribution in [0.25, 0.3) is 17.3 Å². The number of thiazole rings is 1. The molecule has 3 amide bonds. The molecule has 0 saturated carbocycles. The number of ether oxygens (including phenoxy) is 3. The summed E-state index contributed by atoms with van der Waals surface area (Å²) in [5.74, 6) is 0.00573. The van der Waals surface area contributed by atoms with E-state index in [4.69, 9.17) is 14.2 Å². The fourth-order valence-corrected chi connectivity index (χ4v) is 6.30. The second-order valence-electron chi connectivity index (χ2n) is 10.5. The Labute approximate surface area is 292 Å². The van der Waals surface area contributed by atoms with Gasteiger partial charge in [0.2, 0.25) is 5.91 Å². The molecule has 1 heterocycles. The number of methoxy groups -OCH3 is 3. The zero-order chi connectivity index (χ0) is 34.8. The number of hydrogen-bond donors (Lipinski definition) is 3. The Bertz CT molecular complexity index is 1960. The van der Waals surface area contributed by atoms with Crippen LogP contribution in [0.3, 0.4) is 0 Å². The molecule has 1 unspecified atom stereocenters. The average molecular weight is 695 g/mol. The fraction of sp³-hybridized carbons (Fsp3) is 0.135. The van der Waals surface area contributed by atoms with E-state index >= 15 is 0 Å². The molecule has 0 aliphatic rings. The molecule has 0 bridgehead atoms. The highest BCUT2D eigenvalue weighted by atomic mass is 32.2. The van der Waals surface area contributed by atoms with E-state index in [-0.39, 0.29) is 11.6 Å². The summed E-state index contributed by atoms with van der Waals surface area (Å²) in [5, 5.41) is 10.5. The van der Waals surface area contributed by atoms with Crippen molar-refractivity contribution in [1.82, 2.24) is 10.3 Å². The molecule has 250 valence electrons. The van der Waals surface area contributed by atoms with Crippen LogP contribution in [0.4, 0.5) is 10.8 Å². The maximum absolute atomic E-state index is 13.7. The zero-order valence-electron chi connectivity index (χ0n) is 27.2. The molecule has 0 aliphatic carbocycles. The topological polar surface area (TPSA) is 128 Å². The van der Waals surface area contributed by atoms with E-state index in [2.05, 4.69) is 20.9 Å². The average Bonchev–Trinajstić information content (AvgIpc) is 3.60. The first-order chi connectivity index (χ1) is 23.8. The smallest absolute Gasteiger partial charge is 0.272 e. The van der Waals surface area contributed by atoms with Crippen LogP contribution >= 0.6 is 23.1 Å². The number of amides is 3. The second kappa shape index (κ2) is 16.5. The van der Waals surface area contributed by atoms with Crippen molar-refractivity contribution in [1.29, 1.82) is 0 Å². The van der Waals surface area contributed by atoms with Crippen molar-refractivity contribution < 1.29 is 28.6 Å². The molecule has 49 heavy (non-hydrogen) atoms. The van der Waals surface area contributed by atoms with E-state index in [1.54, 1.807) is 67.6 Å². The number of nitrogens with one attached hydrogen (secondary N) is 3. The van der Waals surface area contributed by atoms with E-state index in [1.165, 1.54) is 50.5 Å². The van der Waals surface area contributed by atoms with Crippen LogP contribution in [0.5, 0.6) is 17.2 Å². The number of aromatic nitrogens is 1. The first-order valence-electron chi connectivity index (χ1n) is 15.1. The van der Waals surface area contributed by atoms with Gasteiger partial charge >= 0.3 is 0 Å². The lowest BCUT2D eigenvalue weighted by atomic mass is 10.1. The maximum atomic E-state index is 13.7. The number of anilines is 2. The molecule has 0 fully saturated rings. The van der Waals surface area contributed by atoms with Crippen LogP contribution in [-0.4, -0.2) is 49.3 Å². The highest BCUT2D eigenvalue weighted by Crippen LogP contribution is 2.36. The molecule has 10 nitrogen and oxygen atoms in total. The van der Waals surface area contributed by atoms with E-state index in [1.807, 2.05) is 41.8 Å². The van der Waals surface area contributed by atoms with E-state index < -0.39 is 17.1 Å². The Morgan fingerprint density at radius 2 is 1.47 bits per heavy atom. The fourth-order valence-electron chi connectivity index (χ4n) is 4.65. The Hall–Kier alpha value is -5.59. The normalized spacial score (nSPS) is 11.6. The Balaban J connectivity index is 1.32. The zero-order valence-corrected chi connectivity index (χ0v) is 28.8. The van der Waals surface area contributed by atoms with Gasteiger partial charge in [0.1, 0.15) is 11.4 Å². The largest absolute Gasteiger partial charge is 0.496 e. The highest BCUT2D eigenvalue weighted by Gasteiger charge is 2.20. The molecular formula is C37H34N4O6S2. The maximum Gasteiger partial charge on any atom is 0.272 e. The minimum absolute atomic E-state index is 0.0384. The summed E-state index contributed by atoms with van der Waals surface area (Å²) in [6.07, 6.45) is 1.50. The monoisotopic (exact) mass is 694 g/mol. The van der Waals surface area contributed by atoms with Crippen LogP contribution in [0.2, 0.25) is 0 Å². The molecule has 4 aromatic carbocycles. The predicted molar refractivity (Wildman–Crippen MR) is 195 cm³/mol. The number of carbonyl (C=O) groups is 3. The van der Waals surface area contributed by atoms with Gasteiger partial charge in [-0.15, -0.1) is 23.1 Å². The van der Waals surface area contributed by atoms with Crippen molar-refractivity contribution in [3.05, 3.63) is 119 Å². The standard InChI is InChI=1S/C37H34N4O6S2/c1-23(34(42)41-37-40-30(22-48-37)24-12-7-5-8-13-24)49-28-17-11-16-27(20-28)38-36(44)29(39-35(43)25-14-9-6-10-15-25)18-26-19-32(46-3)33(47-4)21-31(26)45-2/h5-23H,1-4H3,(H,38,44)(H,39,43)(H,40,41,42)/b29-18+. The van der Waals surface area contributed by atoms with Crippen LogP contribution in [0.1, 0.15) is 22.8 Å².